The highest BCUT2D eigenvalue weighted by molar-refractivity contribution is 7.12. The number of aryl methyl sites for hydroxylation is 1. The average Bonchev–Trinajstić information content (AvgIpc) is 2.95. The van der Waals surface area contributed by atoms with E-state index < -0.39 is 6.04 Å². The summed E-state index contributed by atoms with van der Waals surface area (Å²) in [6, 6.07) is 6.88. The molecule has 21 heavy (non-hydrogen) atoms. The Labute approximate surface area is 126 Å². The zero-order valence-corrected chi connectivity index (χ0v) is 12.5. The Bertz CT molecular complexity index is 656. The monoisotopic (exact) mass is 306 g/mol. The fourth-order valence-electron chi connectivity index (χ4n) is 1.75. The van der Waals surface area contributed by atoms with Crippen LogP contribution in [0.4, 0.5) is 10.1 Å². The molecule has 0 fully saturated rings. The van der Waals surface area contributed by atoms with Crippen molar-refractivity contribution in [2.45, 2.75) is 19.9 Å². The maximum atomic E-state index is 13.0. The van der Waals surface area contributed by atoms with Crippen LogP contribution in [0.25, 0.3) is 0 Å². The van der Waals surface area contributed by atoms with Gasteiger partial charge in [-0.25, -0.2) is 4.39 Å². The first kappa shape index (κ1) is 15.2. The van der Waals surface area contributed by atoms with Crippen molar-refractivity contribution >= 4 is 28.8 Å². The van der Waals surface area contributed by atoms with Crippen molar-refractivity contribution in [2.24, 2.45) is 0 Å². The van der Waals surface area contributed by atoms with E-state index in [0.717, 1.165) is 0 Å². The molecule has 0 bridgehead atoms. The van der Waals surface area contributed by atoms with E-state index in [1.54, 1.807) is 31.4 Å². The SMILES string of the molecule is Cc1cc(F)ccc1NC(=O)C(C)NC(=O)c1cccs1. The van der Waals surface area contributed by atoms with Gasteiger partial charge in [-0.1, -0.05) is 6.07 Å². The molecule has 1 heterocycles. The van der Waals surface area contributed by atoms with Gasteiger partial charge in [-0.15, -0.1) is 11.3 Å². The summed E-state index contributed by atoms with van der Waals surface area (Å²) < 4.78 is 13.0. The first-order valence-corrected chi connectivity index (χ1v) is 7.26. The van der Waals surface area contributed by atoms with Crippen molar-refractivity contribution < 1.29 is 14.0 Å². The van der Waals surface area contributed by atoms with E-state index in [1.807, 2.05) is 0 Å². The van der Waals surface area contributed by atoms with Gasteiger partial charge in [0.25, 0.3) is 5.91 Å². The standard InChI is InChI=1S/C15H15FN2O2S/c1-9-8-11(16)5-6-12(9)18-14(19)10(2)17-15(20)13-4-3-7-21-13/h3-8,10H,1-2H3,(H,17,20)(H,18,19). The highest BCUT2D eigenvalue weighted by Crippen LogP contribution is 2.16. The van der Waals surface area contributed by atoms with E-state index in [-0.39, 0.29) is 17.6 Å². The lowest BCUT2D eigenvalue weighted by Gasteiger charge is -2.15. The first-order chi connectivity index (χ1) is 9.97. The number of anilines is 1. The number of amides is 2. The Morgan fingerprint density at radius 3 is 2.67 bits per heavy atom. The van der Waals surface area contributed by atoms with Gasteiger partial charge in [0.05, 0.1) is 4.88 Å². The maximum Gasteiger partial charge on any atom is 0.261 e. The third-order valence-corrected chi connectivity index (χ3v) is 3.80. The zero-order chi connectivity index (χ0) is 15.4. The normalized spacial score (nSPS) is 11.8. The molecule has 110 valence electrons. The molecule has 1 unspecified atom stereocenters. The fourth-order valence-corrected chi connectivity index (χ4v) is 2.38. The summed E-state index contributed by atoms with van der Waals surface area (Å²) in [6.45, 7) is 3.30. The molecule has 1 aromatic heterocycles. The molecule has 2 amide bonds. The van der Waals surface area contributed by atoms with Crippen LogP contribution >= 0.6 is 11.3 Å². The number of halogens is 1. The molecule has 0 radical (unpaired) electrons. The highest BCUT2D eigenvalue weighted by Gasteiger charge is 2.17. The number of benzene rings is 1. The Kier molecular flexibility index (Phi) is 4.70. The van der Waals surface area contributed by atoms with Crippen molar-refractivity contribution in [3.63, 3.8) is 0 Å². The van der Waals surface area contributed by atoms with Crippen LogP contribution in [0.3, 0.4) is 0 Å². The molecule has 0 spiro atoms. The molecule has 1 aromatic carbocycles. The number of hydrogen-bond donors (Lipinski definition) is 2. The summed E-state index contributed by atoms with van der Waals surface area (Å²) in [4.78, 5) is 24.4. The molecular weight excluding hydrogens is 291 g/mol. The van der Waals surface area contributed by atoms with Gasteiger partial charge in [-0.3, -0.25) is 9.59 Å². The molecule has 0 aliphatic heterocycles. The van der Waals surface area contributed by atoms with E-state index in [0.29, 0.717) is 16.1 Å². The van der Waals surface area contributed by atoms with Gasteiger partial charge in [0.1, 0.15) is 11.9 Å². The second-order valence-electron chi connectivity index (χ2n) is 4.62. The summed E-state index contributed by atoms with van der Waals surface area (Å²) in [7, 11) is 0. The van der Waals surface area contributed by atoms with Crippen LogP contribution in [0.5, 0.6) is 0 Å². The lowest BCUT2D eigenvalue weighted by atomic mass is 10.2. The number of carbonyl (C=O) groups excluding carboxylic acids is 2. The largest absolute Gasteiger partial charge is 0.340 e. The molecule has 6 heteroatoms. The van der Waals surface area contributed by atoms with Crippen LogP contribution in [-0.4, -0.2) is 17.9 Å². The number of thiophene rings is 1. The number of rotatable bonds is 4. The topological polar surface area (TPSA) is 58.2 Å². The van der Waals surface area contributed by atoms with Gasteiger partial charge in [0, 0.05) is 5.69 Å². The van der Waals surface area contributed by atoms with Crippen LogP contribution in [0, 0.1) is 12.7 Å². The van der Waals surface area contributed by atoms with Crippen molar-refractivity contribution in [1.82, 2.24) is 5.32 Å². The van der Waals surface area contributed by atoms with Crippen LogP contribution in [0.1, 0.15) is 22.2 Å². The van der Waals surface area contributed by atoms with E-state index in [2.05, 4.69) is 10.6 Å². The Balaban J connectivity index is 1.98. The van der Waals surface area contributed by atoms with Gasteiger partial charge >= 0.3 is 0 Å². The molecule has 2 aromatic rings. The minimum Gasteiger partial charge on any atom is -0.340 e. The fraction of sp³-hybridized carbons (Fsp3) is 0.200. The van der Waals surface area contributed by atoms with Gasteiger partial charge in [0.15, 0.2) is 0 Å². The molecule has 0 aliphatic rings. The van der Waals surface area contributed by atoms with Gasteiger partial charge in [-0.2, -0.15) is 0 Å². The Morgan fingerprint density at radius 2 is 2.05 bits per heavy atom. The van der Waals surface area contributed by atoms with E-state index in [4.69, 9.17) is 0 Å². The second-order valence-corrected chi connectivity index (χ2v) is 5.57. The van der Waals surface area contributed by atoms with Gasteiger partial charge in [-0.05, 0) is 49.1 Å². The molecule has 4 nitrogen and oxygen atoms in total. The summed E-state index contributed by atoms with van der Waals surface area (Å²) in [6.07, 6.45) is 0. The number of hydrogen-bond acceptors (Lipinski definition) is 3. The first-order valence-electron chi connectivity index (χ1n) is 6.39. The summed E-state index contributed by atoms with van der Waals surface area (Å²) in [5.41, 5.74) is 1.15. The Hall–Kier alpha value is -2.21. The minimum absolute atomic E-state index is 0.288. The molecule has 0 aliphatic carbocycles. The predicted molar refractivity (Wildman–Crippen MR) is 81.0 cm³/mol. The molecule has 2 rings (SSSR count). The summed E-state index contributed by atoms with van der Waals surface area (Å²) in [5.74, 6) is -0.998. The van der Waals surface area contributed by atoms with E-state index >= 15 is 0 Å². The smallest absolute Gasteiger partial charge is 0.261 e. The van der Waals surface area contributed by atoms with Crippen LogP contribution in [-0.2, 0) is 4.79 Å². The maximum absolute atomic E-state index is 13.0. The van der Waals surface area contributed by atoms with Gasteiger partial charge in [0.2, 0.25) is 5.91 Å². The zero-order valence-electron chi connectivity index (χ0n) is 11.6. The molecular formula is C15H15FN2O2S. The molecule has 0 saturated heterocycles. The van der Waals surface area contributed by atoms with Crippen molar-refractivity contribution in [1.29, 1.82) is 0 Å². The quantitative estimate of drug-likeness (QED) is 0.912. The van der Waals surface area contributed by atoms with Crippen molar-refractivity contribution in [3.05, 3.63) is 52.0 Å². The van der Waals surface area contributed by atoms with Crippen molar-refractivity contribution in [2.75, 3.05) is 5.32 Å². The van der Waals surface area contributed by atoms with Crippen LogP contribution in [0.2, 0.25) is 0 Å². The average molecular weight is 306 g/mol. The van der Waals surface area contributed by atoms with Crippen molar-refractivity contribution in [3.8, 4) is 0 Å². The molecule has 1 atom stereocenters. The Morgan fingerprint density at radius 1 is 1.29 bits per heavy atom. The molecule has 2 N–H and O–H groups in total. The number of carbonyl (C=O) groups is 2. The van der Waals surface area contributed by atoms with E-state index in [9.17, 15) is 14.0 Å². The third-order valence-electron chi connectivity index (χ3n) is 2.93. The number of nitrogens with one attached hydrogen (secondary N) is 2. The summed E-state index contributed by atoms with van der Waals surface area (Å²) in [5, 5.41) is 7.08. The van der Waals surface area contributed by atoms with E-state index in [1.165, 1.54) is 29.5 Å². The second kappa shape index (κ2) is 6.49. The lowest BCUT2D eigenvalue weighted by molar-refractivity contribution is -0.117. The van der Waals surface area contributed by atoms with Crippen LogP contribution < -0.4 is 10.6 Å². The predicted octanol–water partition coefficient (Wildman–Crippen LogP) is 2.95. The minimum atomic E-state index is -0.691. The van der Waals surface area contributed by atoms with Crippen LogP contribution in [0.15, 0.2) is 35.7 Å². The summed E-state index contributed by atoms with van der Waals surface area (Å²) >= 11 is 1.31. The van der Waals surface area contributed by atoms with Gasteiger partial charge < -0.3 is 10.6 Å². The third kappa shape index (κ3) is 3.88. The lowest BCUT2D eigenvalue weighted by Crippen LogP contribution is -2.41. The highest BCUT2D eigenvalue weighted by atomic mass is 32.1. The molecule has 0 saturated carbocycles.